The van der Waals surface area contributed by atoms with Crippen LogP contribution in [0, 0.1) is 5.92 Å². The molecule has 0 saturated heterocycles. The van der Waals surface area contributed by atoms with Crippen LogP contribution in [0.5, 0.6) is 0 Å². The zero-order valence-electron chi connectivity index (χ0n) is 10.9. The van der Waals surface area contributed by atoms with E-state index in [1.165, 1.54) is 10.4 Å². The van der Waals surface area contributed by atoms with E-state index in [0.717, 1.165) is 18.9 Å². The molecule has 0 bridgehead atoms. The molecule has 1 aromatic rings. The lowest BCUT2D eigenvalue weighted by Crippen LogP contribution is -2.43. The summed E-state index contributed by atoms with van der Waals surface area (Å²) >= 11 is 0. The number of hydrogen-bond acceptors (Lipinski definition) is 2. The van der Waals surface area contributed by atoms with Gasteiger partial charge in [-0.15, -0.1) is 0 Å². The third-order valence-corrected chi connectivity index (χ3v) is 2.94. The van der Waals surface area contributed by atoms with E-state index in [4.69, 9.17) is 0 Å². The maximum absolute atomic E-state index is 4.59. The summed E-state index contributed by atoms with van der Waals surface area (Å²) in [4.78, 5) is 6.85. The highest BCUT2D eigenvalue weighted by Crippen LogP contribution is 2.11. The van der Waals surface area contributed by atoms with Crippen LogP contribution in [-0.4, -0.2) is 23.8 Å². The van der Waals surface area contributed by atoms with Crippen LogP contribution in [0.25, 0.3) is 12.3 Å². The second-order valence-corrected chi connectivity index (χ2v) is 4.36. The van der Waals surface area contributed by atoms with Gasteiger partial charge in [-0.2, -0.15) is 0 Å². The van der Waals surface area contributed by atoms with Crippen molar-refractivity contribution in [2.45, 2.75) is 20.8 Å². The zero-order chi connectivity index (χ0) is 12.3. The van der Waals surface area contributed by atoms with Gasteiger partial charge >= 0.3 is 0 Å². The van der Waals surface area contributed by atoms with E-state index in [9.17, 15) is 0 Å². The fourth-order valence-corrected chi connectivity index (χ4v) is 2.14. The Balaban J connectivity index is 0.000000514. The lowest BCUT2D eigenvalue weighted by molar-refractivity contribution is 0.436. The van der Waals surface area contributed by atoms with Gasteiger partial charge in [0, 0.05) is 19.3 Å². The number of fused-ring (bicyclic) bond motifs is 2. The summed E-state index contributed by atoms with van der Waals surface area (Å²) in [7, 11) is 0. The van der Waals surface area contributed by atoms with Crippen molar-refractivity contribution in [1.82, 2.24) is 4.90 Å². The van der Waals surface area contributed by atoms with Gasteiger partial charge in [0.15, 0.2) is 0 Å². The van der Waals surface area contributed by atoms with Gasteiger partial charge in [0.2, 0.25) is 0 Å². The van der Waals surface area contributed by atoms with Crippen molar-refractivity contribution in [3.63, 3.8) is 0 Å². The van der Waals surface area contributed by atoms with Crippen molar-refractivity contribution < 1.29 is 0 Å². The van der Waals surface area contributed by atoms with Gasteiger partial charge in [-0.05, 0) is 22.4 Å². The summed E-state index contributed by atoms with van der Waals surface area (Å²) in [5.41, 5.74) is 0. The predicted molar refractivity (Wildman–Crippen MR) is 74.1 cm³/mol. The Morgan fingerprint density at radius 1 is 1.18 bits per heavy atom. The first-order valence-electron chi connectivity index (χ1n) is 6.43. The van der Waals surface area contributed by atoms with Crippen molar-refractivity contribution in [2.75, 3.05) is 13.1 Å². The Morgan fingerprint density at radius 3 is 2.65 bits per heavy atom. The molecule has 0 fully saturated rings. The first-order chi connectivity index (χ1) is 8.33. The third kappa shape index (κ3) is 2.41. The van der Waals surface area contributed by atoms with Crippen LogP contribution in [0.3, 0.4) is 0 Å². The molecule has 0 aliphatic carbocycles. The van der Waals surface area contributed by atoms with Crippen LogP contribution in [-0.2, 0) is 0 Å². The normalized spacial score (nSPS) is 20.8. The van der Waals surface area contributed by atoms with Gasteiger partial charge in [0.05, 0.1) is 0 Å². The SMILES string of the molecule is CC.CC1CN=C2C=c3ccccc3=CN2C1. The van der Waals surface area contributed by atoms with Crippen LogP contribution >= 0.6 is 0 Å². The maximum atomic E-state index is 4.59. The van der Waals surface area contributed by atoms with Gasteiger partial charge in [-0.3, -0.25) is 4.99 Å². The summed E-state index contributed by atoms with van der Waals surface area (Å²) in [6.45, 7) is 8.29. The summed E-state index contributed by atoms with van der Waals surface area (Å²) in [6, 6.07) is 8.45. The van der Waals surface area contributed by atoms with Crippen LogP contribution in [0.15, 0.2) is 29.3 Å². The Morgan fingerprint density at radius 2 is 1.88 bits per heavy atom. The molecule has 0 aromatic heterocycles. The van der Waals surface area contributed by atoms with E-state index < -0.39 is 0 Å². The highest BCUT2D eigenvalue weighted by molar-refractivity contribution is 6.11. The minimum Gasteiger partial charge on any atom is -0.332 e. The van der Waals surface area contributed by atoms with Gasteiger partial charge in [-0.1, -0.05) is 45.0 Å². The average Bonchev–Trinajstić information content (AvgIpc) is 2.38. The molecule has 0 amide bonds. The van der Waals surface area contributed by atoms with E-state index in [1.54, 1.807) is 0 Å². The molecule has 2 nitrogen and oxygen atoms in total. The summed E-state index contributed by atoms with van der Waals surface area (Å²) in [5.74, 6) is 1.77. The number of aliphatic imine (C=N–C) groups is 1. The molecule has 2 heterocycles. The number of amidine groups is 1. The number of nitrogens with zero attached hydrogens (tertiary/aromatic N) is 2. The number of benzene rings is 1. The Labute approximate surface area is 103 Å². The lowest BCUT2D eigenvalue weighted by Gasteiger charge is -2.29. The fourth-order valence-electron chi connectivity index (χ4n) is 2.14. The standard InChI is InChI=1S/C13H14N2.C2H6/c1-10-7-14-13-6-11-4-2-3-5-12(11)9-15(13)8-10;1-2/h2-6,9-10H,7-8H2,1H3;1-2H3. The molecule has 0 spiro atoms. The van der Waals surface area contributed by atoms with E-state index in [-0.39, 0.29) is 0 Å². The fraction of sp³-hybridized carbons (Fsp3) is 0.400. The van der Waals surface area contributed by atoms with Crippen LogP contribution in [0.2, 0.25) is 0 Å². The van der Waals surface area contributed by atoms with Crippen LogP contribution in [0.1, 0.15) is 20.8 Å². The topological polar surface area (TPSA) is 15.6 Å². The van der Waals surface area contributed by atoms with E-state index >= 15 is 0 Å². The minimum atomic E-state index is 0.656. The molecule has 0 radical (unpaired) electrons. The first kappa shape index (κ1) is 11.9. The number of rotatable bonds is 0. The molecule has 0 N–H and O–H groups in total. The smallest absolute Gasteiger partial charge is 0.128 e. The monoisotopic (exact) mass is 228 g/mol. The van der Waals surface area contributed by atoms with Gasteiger partial charge in [0.1, 0.15) is 5.84 Å². The maximum Gasteiger partial charge on any atom is 0.128 e. The van der Waals surface area contributed by atoms with Gasteiger partial charge < -0.3 is 4.90 Å². The Hall–Kier alpha value is -1.57. The molecule has 17 heavy (non-hydrogen) atoms. The second-order valence-electron chi connectivity index (χ2n) is 4.36. The Bertz CT molecular complexity index is 528. The van der Waals surface area contributed by atoms with E-state index in [1.807, 2.05) is 13.8 Å². The van der Waals surface area contributed by atoms with Gasteiger partial charge in [-0.25, -0.2) is 0 Å². The molecule has 2 aliphatic rings. The predicted octanol–water partition coefficient (Wildman–Crippen LogP) is 1.60. The largest absolute Gasteiger partial charge is 0.332 e. The molecular weight excluding hydrogens is 208 g/mol. The van der Waals surface area contributed by atoms with E-state index in [2.05, 4.69) is 53.4 Å². The van der Waals surface area contributed by atoms with E-state index in [0.29, 0.717) is 5.92 Å². The quantitative estimate of drug-likeness (QED) is 0.658. The highest BCUT2D eigenvalue weighted by Gasteiger charge is 2.17. The first-order valence-corrected chi connectivity index (χ1v) is 6.43. The highest BCUT2D eigenvalue weighted by atomic mass is 15.2. The summed E-state index contributed by atoms with van der Waals surface area (Å²) in [6.07, 6.45) is 4.39. The molecule has 1 aromatic carbocycles. The molecule has 2 heteroatoms. The minimum absolute atomic E-state index is 0.656. The van der Waals surface area contributed by atoms with Crippen LogP contribution in [0.4, 0.5) is 0 Å². The van der Waals surface area contributed by atoms with Crippen molar-refractivity contribution in [3.05, 3.63) is 34.7 Å². The summed E-state index contributed by atoms with van der Waals surface area (Å²) in [5, 5.41) is 2.58. The molecule has 1 unspecified atom stereocenters. The molecule has 1 atom stereocenters. The van der Waals surface area contributed by atoms with Gasteiger partial charge in [0.25, 0.3) is 0 Å². The van der Waals surface area contributed by atoms with Crippen molar-refractivity contribution in [3.8, 4) is 0 Å². The number of hydrogen-bond donors (Lipinski definition) is 0. The lowest BCUT2D eigenvalue weighted by atomic mass is 10.1. The van der Waals surface area contributed by atoms with Crippen molar-refractivity contribution >= 4 is 18.1 Å². The molecule has 0 saturated carbocycles. The average molecular weight is 228 g/mol. The molecular formula is C15H20N2. The van der Waals surface area contributed by atoms with Crippen molar-refractivity contribution in [2.24, 2.45) is 10.9 Å². The summed E-state index contributed by atoms with van der Waals surface area (Å²) < 4.78 is 0. The van der Waals surface area contributed by atoms with Crippen molar-refractivity contribution in [1.29, 1.82) is 0 Å². The molecule has 2 aliphatic heterocycles. The third-order valence-electron chi connectivity index (χ3n) is 2.94. The van der Waals surface area contributed by atoms with Crippen LogP contribution < -0.4 is 10.4 Å². The zero-order valence-corrected chi connectivity index (χ0v) is 10.9. The molecule has 90 valence electrons. The second kappa shape index (κ2) is 5.17. The molecule has 3 rings (SSSR count). The Kier molecular flexibility index (Phi) is 3.62.